The number of allylic oxidation sites excluding steroid dienone is 4. The van der Waals surface area contributed by atoms with Crippen LogP contribution in [0.1, 0.15) is 79.1 Å². The van der Waals surface area contributed by atoms with Gasteiger partial charge in [-0.25, -0.2) is 0 Å². The van der Waals surface area contributed by atoms with Gasteiger partial charge in [0.1, 0.15) is 5.54 Å². The molecule has 0 amide bonds. The average molecular weight is 354 g/mol. The summed E-state index contributed by atoms with van der Waals surface area (Å²) >= 11 is 0. The van der Waals surface area contributed by atoms with E-state index in [1.807, 2.05) is 0 Å². The Morgan fingerprint density at radius 1 is 1.23 bits per heavy atom. The summed E-state index contributed by atoms with van der Waals surface area (Å²) in [4.78, 5) is 24.5. The molecule has 26 heavy (non-hydrogen) atoms. The first kappa shape index (κ1) is 17.9. The molecule has 0 N–H and O–H groups in total. The van der Waals surface area contributed by atoms with Crippen LogP contribution in [-0.4, -0.2) is 11.3 Å². The lowest BCUT2D eigenvalue weighted by atomic mass is 9.50. The van der Waals surface area contributed by atoms with E-state index in [-0.39, 0.29) is 16.6 Å². The first-order chi connectivity index (χ1) is 12.3. The molecule has 3 heteroatoms. The number of carbonyl (C=O) groups is 1. The van der Waals surface area contributed by atoms with Crippen LogP contribution in [0.3, 0.4) is 0 Å². The van der Waals surface area contributed by atoms with Crippen molar-refractivity contribution >= 4 is 5.78 Å². The normalized spacial score (nSPS) is 41.8. The summed E-state index contributed by atoms with van der Waals surface area (Å²) in [5.41, 5.74) is 4.78. The topological polar surface area (TPSA) is 46.5 Å². The molecule has 0 saturated heterocycles. The Balaban J connectivity index is 1.94. The smallest absolute Gasteiger partial charge is 0.155 e. The molecule has 3 nitrogen and oxygen atoms in total. The van der Waals surface area contributed by atoms with Crippen LogP contribution in [0.4, 0.5) is 0 Å². The van der Waals surface area contributed by atoms with E-state index in [1.54, 1.807) is 6.08 Å². The molecular weight excluding hydrogens is 322 g/mol. The molecule has 4 rings (SSSR count). The van der Waals surface area contributed by atoms with E-state index in [9.17, 15) is 9.70 Å². The standard InChI is InChI=1S/C23H31NO2/c1-5-10-23(24-26)14-17-18-7-6-15(2)21(18,3)12-9-19(17)22(4)11-8-16(25)13-20(22)23/h7,13,15H,5-6,8-12,14H2,1-4H3/t15?,21?,22?,23-/m0/s1. The third-order valence-corrected chi connectivity index (χ3v) is 8.21. The molecule has 4 aliphatic carbocycles. The fourth-order valence-electron chi connectivity index (χ4n) is 6.42. The van der Waals surface area contributed by atoms with Crippen molar-refractivity contribution in [2.75, 3.05) is 0 Å². The van der Waals surface area contributed by atoms with Gasteiger partial charge < -0.3 is 0 Å². The number of hydrogen-bond acceptors (Lipinski definition) is 3. The highest BCUT2D eigenvalue weighted by Crippen LogP contribution is 2.65. The zero-order valence-electron chi connectivity index (χ0n) is 16.7. The minimum Gasteiger partial charge on any atom is -0.295 e. The van der Waals surface area contributed by atoms with E-state index in [2.05, 4.69) is 38.9 Å². The third-order valence-electron chi connectivity index (χ3n) is 8.21. The molecule has 140 valence electrons. The largest absolute Gasteiger partial charge is 0.295 e. The summed E-state index contributed by atoms with van der Waals surface area (Å²) in [6, 6.07) is 0. The van der Waals surface area contributed by atoms with Gasteiger partial charge in [-0.1, -0.05) is 50.9 Å². The molecule has 0 aliphatic heterocycles. The maximum absolute atomic E-state index is 12.3. The highest BCUT2D eigenvalue weighted by atomic mass is 16.3. The van der Waals surface area contributed by atoms with Gasteiger partial charge in [-0.3, -0.25) is 4.79 Å². The molecule has 0 aromatic rings. The lowest BCUT2D eigenvalue weighted by Gasteiger charge is -2.54. The van der Waals surface area contributed by atoms with Crippen molar-refractivity contribution in [2.45, 2.75) is 84.6 Å². The second-order valence-electron chi connectivity index (χ2n) is 9.54. The van der Waals surface area contributed by atoms with Crippen LogP contribution in [-0.2, 0) is 4.79 Å². The first-order valence-electron chi connectivity index (χ1n) is 10.3. The van der Waals surface area contributed by atoms with Crippen molar-refractivity contribution in [3.63, 3.8) is 0 Å². The summed E-state index contributed by atoms with van der Waals surface area (Å²) in [5, 5.41) is 3.75. The minimum atomic E-state index is -0.733. The zero-order chi connectivity index (χ0) is 18.7. The maximum atomic E-state index is 12.3. The van der Waals surface area contributed by atoms with Gasteiger partial charge in [0.2, 0.25) is 0 Å². The van der Waals surface area contributed by atoms with Gasteiger partial charge >= 0.3 is 0 Å². The summed E-state index contributed by atoms with van der Waals surface area (Å²) < 4.78 is 0. The predicted octanol–water partition coefficient (Wildman–Crippen LogP) is 6.05. The fraction of sp³-hybridized carbons (Fsp3) is 0.696. The number of nitroso groups, excluding NO2 is 1. The molecule has 0 aromatic carbocycles. The van der Waals surface area contributed by atoms with Crippen LogP contribution in [0, 0.1) is 21.7 Å². The van der Waals surface area contributed by atoms with Crippen LogP contribution in [0.5, 0.6) is 0 Å². The van der Waals surface area contributed by atoms with Gasteiger partial charge in [0, 0.05) is 18.3 Å². The zero-order valence-corrected chi connectivity index (χ0v) is 16.7. The Bertz CT molecular complexity index is 773. The molecule has 4 atom stereocenters. The number of hydrogen-bond donors (Lipinski definition) is 0. The van der Waals surface area contributed by atoms with Crippen LogP contribution in [0.25, 0.3) is 0 Å². The van der Waals surface area contributed by atoms with Crippen molar-refractivity contribution in [2.24, 2.45) is 21.9 Å². The van der Waals surface area contributed by atoms with Crippen LogP contribution in [0.15, 0.2) is 39.6 Å². The Kier molecular flexibility index (Phi) is 3.95. The molecule has 4 aliphatic rings. The van der Waals surface area contributed by atoms with Crippen molar-refractivity contribution < 1.29 is 4.79 Å². The Morgan fingerprint density at radius 3 is 2.69 bits per heavy atom. The van der Waals surface area contributed by atoms with Crippen molar-refractivity contribution in [3.8, 4) is 0 Å². The number of rotatable bonds is 3. The summed E-state index contributed by atoms with van der Waals surface area (Å²) in [7, 11) is 0. The predicted molar refractivity (Wildman–Crippen MR) is 105 cm³/mol. The quantitative estimate of drug-likeness (QED) is 0.579. The van der Waals surface area contributed by atoms with Crippen LogP contribution >= 0.6 is 0 Å². The number of ketones is 1. The third kappa shape index (κ3) is 2.15. The molecule has 0 spiro atoms. The first-order valence-corrected chi connectivity index (χ1v) is 10.3. The number of fused-ring (bicyclic) bond motifs is 4. The van der Waals surface area contributed by atoms with E-state index in [0.717, 1.165) is 37.7 Å². The van der Waals surface area contributed by atoms with E-state index in [4.69, 9.17) is 0 Å². The van der Waals surface area contributed by atoms with Gasteiger partial charge in [-0.2, -0.15) is 0 Å². The average Bonchev–Trinajstić information content (AvgIpc) is 2.92. The summed E-state index contributed by atoms with van der Waals surface area (Å²) in [6.07, 6.45) is 11.4. The molecule has 0 aromatic heterocycles. The highest BCUT2D eigenvalue weighted by Gasteiger charge is 2.56. The molecule has 0 bridgehead atoms. The molecule has 0 radical (unpaired) electrons. The Morgan fingerprint density at radius 2 is 2.00 bits per heavy atom. The van der Waals surface area contributed by atoms with E-state index < -0.39 is 5.54 Å². The monoisotopic (exact) mass is 353 g/mol. The minimum absolute atomic E-state index is 0.167. The SMILES string of the molecule is CCC[C@]1(N=O)CC2=C(CCC3(C)C2=CCC3C)C2(C)CCC(=O)C=C21. The molecule has 0 heterocycles. The van der Waals surface area contributed by atoms with E-state index in [0.29, 0.717) is 18.8 Å². The number of nitrogens with zero attached hydrogens (tertiary/aromatic N) is 1. The van der Waals surface area contributed by atoms with E-state index >= 15 is 0 Å². The lowest BCUT2D eigenvalue weighted by Crippen LogP contribution is -2.48. The Labute approximate surface area is 157 Å². The van der Waals surface area contributed by atoms with E-state index in [1.165, 1.54) is 23.1 Å². The second-order valence-corrected chi connectivity index (χ2v) is 9.54. The molecule has 0 fully saturated rings. The maximum Gasteiger partial charge on any atom is 0.155 e. The molecule has 3 unspecified atom stereocenters. The van der Waals surface area contributed by atoms with Crippen LogP contribution < -0.4 is 0 Å². The molecular formula is C23H31NO2. The highest BCUT2D eigenvalue weighted by molar-refractivity contribution is 5.92. The van der Waals surface area contributed by atoms with Gasteiger partial charge in [0.25, 0.3) is 0 Å². The molecule has 0 saturated carbocycles. The van der Waals surface area contributed by atoms with Gasteiger partial charge in [0.05, 0.1) is 0 Å². The van der Waals surface area contributed by atoms with Crippen molar-refractivity contribution in [1.29, 1.82) is 0 Å². The summed E-state index contributed by atoms with van der Waals surface area (Å²) in [6.45, 7) is 9.16. The number of carbonyl (C=O) groups excluding carboxylic acids is 1. The van der Waals surface area contributed by atoms with Gasteiger partial charge in [-0.15, -0.1) is 4.91 Å². The Hall–Kier alpha value is -1.51. The van der Waals surface area contributed by atoms with Crippen molar-refractivity contribution in [3.05, 3.63) is 39.4 Å². The summed E-state index contributed by atoms with van der Waals surface area (Å²) in [5.74, 6) is 0.828. The fourth-order valence-corrected chi connectivity index (χ4v) is 6.42. The second kappa shape index (κ2) is 5.74. The van der Waals surface area contributed by atoms with Gasteiger partial charge in [0.15, 0.2) is 5.78 Å². The lowest BCUT2D eigenvalue weighted by molar-refractivity contribution is -0.115. The van der Waals surface area contributed by atoms with Gasteiger partial charge in [-0.05, 0) is 66.2 Å². The van der Waals surface area contributed by atoms with Crippen LogP contribution in [0.2, 0.25) is 0 Å². The van der Waals surface area contributed by atoms with Crippen molar-refractivity contribution in [1.82, 2.24) is 0 Å².